The Kier molecular flexibility index (Phi) is 1.04. The van der Waals surface area contributed by atoms with E-state index in [-0.39, 0.29) is 0 Å². The summed E-state index contributed by atoms with van der Waals surface area (Å²) in [6.45, 7) is 2.05. The van der Waals surface area contributed by atoms with E-state index in [1.807, 2.05) is 13.1 Å². The average molecular weight is 131 g/mol. The number of fused-ring (bicyclic) bond motifs is 1. The van der Waals surface area contributed by atoms with Crippen LogP contribution in [0.2, 0.25) is 0 Å². The van der Waals surface area contributed by atoms with Gasteiger partial charge in [-0.25, -0.2) is 0 Å². The van der Waals surface area contributed by atoms with Crippen molar-refractivity contribution in [2.75, 3.05) is 0 Å². The predicted octanol–water partition coefficient (Wildman–Crippen LogP) is 0.536. The van der Waals surface area contributed by atoms with E-state index in [1.165, 1.54) is 16.1 Å². The maximum absolute atomic E-state index is 3.15. The number of rotatable bonds is 0. The molecule has 0 atom stereocenters. The minimum absolute atomic E-state index is 1.23. The molecule has 0 aliphatic heterocycles. The molecule has 10 heavy (non-hydrogen) atoms. The molecule has 1 nitrogen and oxygen atoms in total. The molecule has 0 unspecified atom stereocenters. The molecule has 1 heterocycles. The zero-order valence-electron chi connectivity index (χ0n) is 5.89. The summed E-state index contributed by atoms with van der Waals surface area (Å²) in [6.07, 6.45) is 8.39. The van der Waals surface area contributed by atoms with Gasteiger partial charge in [-0.15, -0.1) is 0 Å². The molecule has 1 aliphatic carbocycles. The lowest BCUT2D eigenvalue weighted by molar-refractivity contribution is 1.33. The molecule has 0 saturated carbocycles. The van der Waals surface area contributed by atoms with Gasteiger partial charge in [0.15, 0.2) is 0 Å². The molecule has 1 N–H and O–H groups in total. The van der Waals surface area contributed by atoms with Gasteiger partial charge < -0.3 is 4.98 Å². The third-order valence-electron chi connectivity index (χ3n) is 1.78. The van der Waals surface area contributed by atoms with Crippen LogP contribution >= 0.6 is 0 Å². The fraction of sp³-hybridized carbons (Fsp3) is 0.111. The number of hydrogen-bond donors (Lipinski definition) is 1. The van der Waals surface area contributed by atoms with Crippen LogP contribution in [0.1, 0.15) is 6.92 Å². The van der Waals surface area contributed by atoms with Crippen LogP contribution in [0, 0.1) is 0 Å². The smallest absolute Gasteiger partial charge is 0.0460 e. The average Bonchev–Trinajstić information content (AvgIpc) is 2.42. The number of aromatic amines is 1. The van der Waals surface area contributed by atoms with Gasteiger partial charge in [-0.1, -0.05) is 6.08 Å². The highest BCUT2D eigenvalue weighted by atomic mass is 14.6. The van der Waals surface area contributed by atoms with Crippen molar-refractivity contribution >= 4 is 12.2 Å². The Balaban J connectivity index is 2.80. The van der Waals surface area contributed by atoms with Crippen molar-refractivity contribution in [2.45, 2.75) is 6.92 Å². The number of nitrogens with one attached hydrogen (secondary N) is 1. The van der Waals surface area contributed by atoms with Crippen LogP contribution in [0.15, 0.2) is 23.9 Å². The van der Waals surface area contributed by atoms with Crippen molar-refractivity contribution in [2.24, 2.45) is 0 Å². The molecule has 0 fully saturated rings. The first-order valence-corrected chi connectivity index (χ1v) is 3.43. The van der Waals surface area contributed by atoms with Crippen molar-refractivity contribution in [3.05, 3.63) is 34.5 Å². The predicted molar refractivity (Wildman–Crippen MR) is 42.7 cm³/mol. The van der Waals surface area contributed by atoms with E-state index >= 15 is 0 Å². The van der Waals surface area contributed by atoms with Gasteiger partial charge in [0.05, 0.1) is 0 Å². The Labute approximate surface area is 59.4 Å². The second-order valence-electron chi connectivity index (χ2n) is 2.42. The Morgan fingerprint density at radius 1 is 1.40 bits per heavy atom. The minimum Gasteiger partial charge on any atom is -0.361 e. The first kappa shape index (κ1) is 5.54. The van der Waals surface area contributed by atoms with Crippen LogP contribution in [0.3, 0.4) is 0 Å². The van der Waals surface area contributed by atoms with E-state index in [2.05, 4.69) is 29.3 Å². The monoisotopic (exact) mass is 131 g/mol. The van der Waals surface area contributed by atoms with Gasteiger partial charge in [0.1, 0.15) is 0 Å². The number of H-pyrrole nitrogens is 1. The number of hydrogen-bond acceptors (Lipinski definition) is 0. The summed E-state index contributed by atoms with van der Waals surface area (Å²) in [5, 5.41) is 2.53. The second-order valence-corrected chi connectivity index (χ2v) is 2.42. The lowest BCUT2D eigenvalue weighted by Gasteiger charge is -1.80. The summed E-state index contributed by atoms with van der Waals surface area (Å²) in [6, 6.07) is 2.09. The molecule has 0 amide bonds. The van der Waals surface area contributed by atoms with Crippen molar-refractivity contribution in [3.8, 4) is 0 Å². The van der Waals surface area contributed by atoms with Crippen molar-refractivity contribution < 1.29 is 0 Å². The summed E-state index contributed by atoms with van der Waals surface area (Å²) in [5.74, 6) is 0. The molecule has 50 valence electrons. The van der Waals surface area contributed by atoms with Crippen molar-refractivity contribution in [1.82, 2.24) is 4.98 Å². The fourth-order valence-corrected chi connectivity index (χ4v) is 1.20. The standard InChI is InChI=1S/C9H9N/c1-2-7-5-8-3-4-10-9(8)6-7/h2-6,10H,1H3. The van der Waals surface area contributed by atoms with E-state index in [9.17, 15) is 0 Å². The van der Waals surface area contributed by atoms with Gasteiger partial charge in [0.2, 0.25) is 0 Å². The van der Waals surface area contributed by atoms with E-state index in [0.717, 1.165) is 0 Å². The third-order valence-corrected chi connectivity index (χ3v) is 1.78. The van der Waals surface area contributed by atoms with Gasteiger partial charge in [-0.2, -0.15) is 0 Å². The topological polar surface area (TPSA) is 15.8 Å². The van der Waals surface area contributed by atoms with Crippen LogP contribution in [-0.4, -0.2) is 4.98 Å². The fourth-order valence-electron chi connectivity index (χ4n) is 1.20. The summed E-state index contributed by atoms with van der Waals surface area (Å²) in [5.41, 5.74) is 1.29. The molecular weight excluding hydrogens is 122 g/mol. The van der Waals surface area contributed by atoms with Crippen molar-refractivity contribution in [1.29, 1.82) is 0 Å². The van der Waals surface area contributed by atoms with Gasteiger partial charge in [0.25, 0.3) is 0 Å². The minimum atomic E-state index is 1.23. The van der Waals surface area contributed by atoms with E-state index in [0.29, 0.717) is 0 Å². The summed E-state index contributed by atoms with van der Waals surface area (Å²) in [7, 11) is 0. The van der Waals surface area contributed by atoms with Crippen molar-refractivity contribution in [3.63, 3.8) is 0 Å². The maximum atomic E-state index is 3.15. The summed E-state index contributed by atoms with van der Waals surface area (Å²) >= 11 is 0. The summed E-state index contributed by atoms with van der Waals surface area (Å²) in [4.78, 5) is 3.15. The molecule has 1 aromatic rings. The SMILES string of the molecule is CC=C1C=c2cc[nH]c2=C1. The zero-order valence-corrected chi connectivity index (χ0v) is 5.89. The molecular formula is C9H9N. The Morgan fingerprint density at radius 2 is 2.30 bits per heavy atom. The molecule has 0 radical (unpaired) electrons. The molecule has 0 saturated heterocycles. The van der Waals surface area contributed by atoms with Crippen LogP contribution in [0.4, 0.5) is 0 Å². The lowest BCUT2D eigenvalue weighted by atomic mass is 10.3. The van der Waals surface area contributed by atoms with Crippen LogP contribution in [-0.2, 0) is 0 Å². The van der Waals surface area contributed by atoms with Crippen LogP contribution in [0.5, 0.6) is 0 Å². The highest BCUT2D eigenvalue weighted by Crippen LogP contribution is 1.99. The number of allylic oxidation sites excluding steroid dienone is 2. The van der Waals surface area contributed by atoms with E-state index in [1.54, 1.807) is 0 Å². The number of aromatic nitrogens is 1. The van der Waals surface area contributed by atoms with E-state index in [4.69, 9.17) is 0 Å². The highest BCUT2D eigenvalue weighted by molar-refractivity contribution is 5.70. The maximum Gasteiger partial charge on any atom is 0.0460 e. The zero-order chi connectivity index (χ0) is 6.97. The molecule has 2 rings (SSSR count). The molecule has 1 heteroatoms. The molecule has 0 bridgehead atoms. The van der Waals surface area contributed by atoms with Gasteiger partial charge in [-0.05, 0) is 35.9 Å². The van der Waals surface area contributed by atoms with Gasteiger partial charge >= 0.3 is 0 Å². The Hall–Kier alpha value is -1.24. The normalized spacial score (nSPS) is 18.3. The highest BCUT2D eigenvalue weighted by Gasteiger charge is 1.95. The first-order chi connectivity index (χ1) is 4.90. The van der Waals surface area contributed by atoms with Crippen LogP contribution in [0.25, 0.3) is 12.2 Å². The lowest BCUT2D eigenvalue weighted by Crippen LogP contribution is -2.17. The summed E-state index contributed by atoms with van der Waals surface area (Å²) < 4.78 is 0. The molecule has 0 spiro atoms. The quantitative estimate of drug-likeness (QED) is 0.529. The second kappa shape index (κ2) is 1.87. The van der Waals surface area contributed by atoms with Crippen LogP contribution < -0.4 is 10.6 Å². The van der Waals surface area contributed by atoms with Gasteiger partial charge in [0, 0.05) is 11.5 Å². The largest absolute Gasteiger partial charge is 0.361 e. The Bertz CT molecular complexity index is 347. The molecule has 1 aromatic heterocycles. The third kappa shape index (κ3) is 0.637. The van der Waals surface area contributed by atoms with Gasteiger partial charge in [-0.3, -0.25) is 0 Å². The first-order valence-electron chi connectivity index (χ1n) is 3.43. The Morgan fingerprint density at radius 3 is 3.00 bits per heavy atom. The molecule has 1 aliphatic rings. The van der Waals surface area contributed by atoms with E-state index < -0.39 is 0 Å². The molecule has 0 aromatic carbocycles.